The molecule has 0 bridgehead atoms. The number of hydrogen-bond donors (Lipinski definition) is 1. The Morgan fingerprint density at radius 1 is 1.43 bits per heavy atom. The standard InChI is InChI=1S/C15H19FN4O/c1-21-14-6-5-11(8-12(14)16)9-20-7-3-2-4-13(20)15-17-10-18-19-15/h5-6,8,10,13H,2-4,7,9H2,1H3,(H,17,18,19)/t13-/m0/s1. The molecule has 6 heteroatoms. The maximum absolute atomic E-state index is 13.8. The van der Waals surface area contributed by atoms with Crippen LogP contribution in [0.5, 0.6) is 5.75 Å². The molecule has 3 rings (SSSR count). The number of likely N-dealkylation sites (tertiary alicyclic amines) is 1. The predicted octanol–water partition coefficient (Wildman–Crippen LogP) is 2.68. The minimum absolute atomic E-state index is 0.228. The predicted molar refractivity (Wildman–Crippen MR) is 76.3 cm³/mol. The molecule has 0 amide bonds. The number of nitrogens with one attached hydrogen (secondary N) is 1. The third-order valence-corrected chi connectivity index (χ3v) is 3.96. The molecule has 5 nitrogen and oxygen atoms in total. The van der Waals surface area contributed by atoms with Crippen LogP contribution in [0.15, 0.2) is 24.5 Å². The molecule has 2 aromatic rings. The maximum atomic E-state index is 13.8. The van der Waals surface area contributed by atoms with E-state index in [9.17, 15) is 4.39 Å². The van der Waals surface area contributed by atoms with Gasteiger partial charge in [0.15, 0.2) is 11.6 Å². The molecule has 21 heavy (non-hydrogen) atoms. The molecule has 1 aliphatic heterocycles. The van der Waals surface area contributed by atoms with Crippen LogP contribution in [0.25, 0.3) is 0 Å². The first-order valence-corrected chi connectivity index (χ1v) is 7.19. The van der Waals surface area contributed by atoms with Crippen molar-refractivity contribution in [1.82, 2.24) is 20.1 Å². The molecule has 1 aromatic carbocycles. The molecular formula is C15H19FN4O. The van der Waals surface area contributed by atoms with Gasteiger partial charge in [-0.2, -0.15) is 5.10 Å². The second-order valence-electron chi connectivity index (χ2n) is 5.32. The fourth-order valence-corrected chi connectivity index (χ4v) is 2.91. The summed E-state index contributed by atoms with van der Waals surface area (Å²) in [6.45, 7) is 1.69. The van der Waals surface area contributed by atoms with Gasteiger partial charge >= 0.3 is 0 Å². The molecule has 0 unspecified atom stereocenters. The van der Waals surface area contributed by atoms with Crippen molar-refractivity contribution in [2.75, 3.05) is 13.7 Å². The summed E-state index contributed by atoms with van der Waals surface area (Å²) in [4.78, 5) is 6.60. The van der Waals surface area contributed by atoms with Crippen molar-refractivity contribution in [2.45, 2.75) is 31.8 Å². The van der Waals surface area contributed by atoms with E-state index in [2.05, 4.69) is 20.1 Å². The van der Waals surface area contributed by atoms with Crippen LogP contribution in [-0.2, 0) is 6.54 Å². The molecule has 0 saturated carbocycles. The molecule has 1 atom stereocenters. The SMILES string of the molecule is COc1ccc(CN2CCCC[C@H]2c2ncn[nH]2)cc1F. The van der Waals surface area contributed by atoms with Gasteiger partial charge in [0, 0.05) is 6.54 Å². The van der Waals surface area contributed by atoms with Crippen molar-refractivity contribution in [2.24, 2.45) is 0 Å². The van der Waals surface area contributed by atoms with E-state index in [4.69, 9.17) is 4.74 Å². The number of benzene rings is 1. The molecule has 1 fully saturated rings. The zero-order valence-corrected chi connectivity index (χ0v) is 12.1. The van der Waals surface area contributed by atoms with Gasteiger partial charge in [-0.15, -0.1) is 0 Å². The van der Waals surface area contributed by atoms with Gasteiger partial charge in [-0.25, -0.2) is 9.37 Å². The molecular weight excluding hydrogens is 271 g/mol. The lowest BCUT2D eigenvalue weighted by atomic mass is 10.0. The summed E-state index contributed by atoms with van der Waals surface area (Å²) in [6, 6.07) is 5.36. The number of rotatable bonds is 4. The van der Waals surface area contributed by atoms with Crippen LogP contribution in [0.3, 0.4) is 0 Å². The molecule has 1 saturated heterocycles. The molecule has 0 spiro atoms. The van der Waals surface area contributed by atoms with E-state index in [1.54, 1.807) is 12.1 Å². The van der Waals surface area contributed by atoms with Gasteiger partial charge in [0.25, 0.3) is 0 Å². The third-order valence-electron chi connectivity index (χ3n) is 3.96. The zero-order valence-electron chi connectivity index (χ0n) is 12.1. The Hall–Kier alpha value is -1.95. The van der Waals surface area contributed by atoms with E-state index in [1.165, 1.54) is 19.9 Å². The van der Waals surface area contributed by atoms with Crippen molar-refractivity contribution in [3.05, 3.63) is 41.7 Å². The number of aromatic amines is 1. The Bertz CT molecular complexity index is 587. The third kappa shape index (κ3) is 3.05. The van der Waals surface area contributed by atoms with Gasteiger partial charge in [0.1, 0.15) is 12.2 Å². The van der Waals surface area contributed by atoms with Gasteiger partial charge in [-0.3, -0.25) is 10.00 Å². The average Bonchev–Trinajstić information content (AvgIpc) is 3.02. The van der Waals surface area contributed by atoms with Gasteiger partial charge in [-0.05, 0) is 37.1 Å². The number of aromatic nitrogens is 3. The van der Waals surface area contributed by atoms with Crippen LogP contribution in [0, 0.1) is 5.82 Å². The first kappa shape index (κ1) is 14.0. The highest BCUT2D eigenvalue weighted by molar-refractivity contribution is 5.29. The highest BCUT2D eigenvalue weighted by Crippen LogP contribution is 2.30. The van der Waals surface area contributed by atoms with E-state index in [0.29, 0.717) is 6.54 Å². The van der Waals surface area contributed by atoms with Crippen LogP contribution in [0.1, 0.15) is 36.7 Å². The van der Waals surface area contributed by atoms with Crippen LogP contribution < -0.4 is 4.74 Å². The second-order valence-corrected chi connectivity index (χ2v) is 5.32. The van der Waals surface area contributed by atoms with Crippen LogP contribution in [0.2, 0.25) is 0 Å². The molecule has 1 N–H and O–H groups in total. The number of hydrogen-bond acceptors (Lipinski definition) is 4. The number of methoxy groups -OCH3 is 1. The molecule has 2 heterocycles. The normalized spacial score (nSPS) is 19.6. The summed E-state index contributed by atoms with van der Waals surface area (Å²) >= 11 is 0. The van der Waals surface area contributed by atoms with Gasteiger partial charge in [0.2, 0.25) is 0 Å². The summed E-state index contributed by atoms with van der Waals surface area (Å²) in [5.74, 6) is 0.857. The monoisotopic (exact) mass is 290 g/mol. The Morgan fingerprint density at radius 3 is 3.05 bits per heavy atom. The topological polar surface area (TPSA) is 54.0 Å². The summed E-state index contributed by atoms with van der Waals surface area (Å²) < 4.78 is 18.8. The smallest absolute Gasteiger partial charge is 0.165 e. The Labute approximate surface area is 123 Å². The second kappa shape index (κ2) is 6.22. The van der Waals surface area contributed by atoms with Crippen molar-refractivity contribution in [1.29, 1.82) is 0 Å². The van der Waals surface area contributed by atoms with Gasteiger partial charge in [-0.1, -0.05) is 12.5 Å². The van der Waals surface area contributed by atoms with Crippen LogP contribution >= 0.6 is 0 Å². The minimum atomic E-state index is -0.316. The van der Waals surface area contributed by atoms with E-state index >= 15 is 0 Å². The van der Waals surface area contributed by atoms with E-state index < -0.39 is 0 Å². The maximum Gasteiger partial charge on any atom is 0.165 e. The van der Waals surface area contributed by atoms with Crippen molar-refractivity contribution in [3.8, 4) is 5.75 Å². The molecule has 1 aromatic heterocycles. The quantitative estimate of drug-likeness (QED) is 0.940. The van der Waals surface area contributed by atoms with Crippen molar-refractivity contribution < 1.29 is 9.13 Å². The van der Waals surface area contributed by atoms with Crippen LogP contribution in [0.4, 0.5) is 4.39 Å². The minimum Gasteiger partial charge on any atom is -0.494 e. The number of ether oxygens (including phenoxy) is 1. The Morgan fingerprint density at radius 2 is 2.33 bits per heavy atom. The van der Waals surface area contributed by atoms with Gasteiger partial charge < -0.3 is 4.74 Å². The van der Waals surface area contributed by atoms with Crippen molar-refractivity contribution in [3.63, 3.8) is 0 Å². The molecule has 0 aliphatic carbocycles. The Kier molecular flexibility index (Phi) is 4.15. The van der Waals surface area contributed by atoms with E-state index in [1.807, 2.05) is 6.07 Å². The lowest BCUT2D eigenvalue weighted by Gasteiger charge is -2.34. The fourth-order valence-electron chi connectivity index (χ4n) is 2.91. The summed E-state index contributed by atoms with van der Waals surface area (Å²) in [5.41, 5.74) is 0.944. The van der Waals surface area contributed by atoms with Crippen LogP contribution in [-0.4, -0.2) is 33.7 Å². The first-order valence-electron chi connectivity index (χ1n) is 7.19. The zero-order chi connectivity index (χ0) is 14.7. The molecule has 1 aliphatic rings. The molecule has 112 valence electrons. The molecule has 0 radical (unpaired) electrons. The first-order chi connectivity index (χ1) is 10.3. The number of H-pyrrole nitrogens is 1. The van der Waals surface area contributed by atoms with Gasteiger partial charge in [0.05, 0.1) is 13.2 Å². The number of piperidine rings is 1. The highest BCUT2D eigenvalue weighted by Gasteiger charge is 2.26. The lowest BCUT2D eigenvalue weighted by molar-refractivity contribution is 0.134. The highest BCUT2D eigenvalue weighted by atomic mass is 19.1. The summed E-state index contributed by atoms with van der Waals surface area (Å²) in [6.07, 6.45) is 4.92. The average molecular weight is 290 g/mol. The number of halogens is 1. The summed E-state index contributed by atoms with van der Waals surface area (Å²) in [7, 11) is 1.47. The van der Waals surface area contributed by atoms with Crippen molar-refractivity contribution >= 4 is 0 Å². The summed E-state index contributed by atoms with van der Waals surface area (Å²) in [5, 5.41) is 6.89. The largest absolute Gasteiger partial charge is 0.494 e. The fraction of sp³-hybridized carbons (Fsp3) is 0.467. The lowest BCUT2D eigenvalue weighted by Crippen LogP contribution is -2.33. The number of nitrogens with zero attached hydrogens (tertiary/aromatic N) is 3. The van der Waals surface area contributed by atoms with E-state index in [0.717, 1.165) is 30.8 Å². The van der Waals surface area contributed by atoms with E-state index in [-0.39, 0.29) is 17.6 Å². The Balaban J connectivity index is 1.77.